The Bertz CT molecular complexity index is 845. The minimum absolute atomic E-state index is 0.0872. The molecule has 3 aromatic rings. The Morgan fingerprint density at radius 1 is 1.26 bits per heavy atom. The van der Waals surface area contributed by atoms with E-state index in [1.807, 2.05) is 35.7 Å². The second kappa shape index (κ2) is 6.71. The van der Waals surface area contributed by atoms with Crippen molar-refractivity contribution in [2.75, 3.05) is 6.61 Å². The van der Waals surface area contributed by atoms with Crippen molar-refractivity contribution in [3.8, 4) is 5.75 Å². The monoisotopic (exact) mass is 329 g/mol. The first-order valence-corrected chi connectivity index (χ1v) is 7.59. The number of nitrogens with one attached hydrogen (secondary N) is 1. The van der Waals surface area contributed by atoms with Crippen molar-refractivity contribution in [1.82, 2.24) is 14.7 Å². The number of ether oxygens (including phenoxy) is 1. The largest absolute Gasteiger partial charge is 0.482 e. The summed E-state index contributed by atoms with van der Waals surface area (Å²) in [5.74, 6) is 0.270. The minimum atomic E-state index is -0.223. The van der Waals surface area contributed by atoms with Crippen LogP contribution in [0.2, 0.25) is 5.02 Å². The second-order valence-electron chi connectivity index (χ2n) is 5.12. The van der Waals surface area contributed by atoms with Crippen molar-refractivity contribution in [2.24, 2.45) is 0 Å². The fourth-order valence-corrected chi connectivity index (χ4v) is 2.42. The van der Waals surface area contributed by atoms with E-state index in [9.17, 15) is 4.79 Å². The number of fused-ring (bicyclic) bond motifs is 1. The summed E-state index contributed by atoms with van der Waals surface area (Å²) in [4.78, 5) is 16.3. The standard InChI is InChI=1S/C17H16ClN3O2/c1-12-5-4-8-16-20-13(10-21(12)16)9-19-17(22)11-23-15-7-3-2-6-14(15)18/h2-8,10H,9,11H2,1H3,(H,19,22). The minimum Gasteiger partial charge on any atom is -0.482 e. The van der Waals surface area contributed by atoms with Gasteiger partial charge in [-0.2, -0.15) is 0 Å². The molecule has 2 aromatic heterocycles. The second-order valence-corrected chi connectivity index (χ2v) is 5.53. The maximum atomic E-state index is 11.9. The third-order valence-corrected chi connectivity index (χ3v) is 3.72. The number of benzene rings is 1. The molecule has 0 fully saturated rings. The molecule has 0 aliphatic heterocycles. The van der Waals surface area contributed by atoms with Crippen LogP contribution in [0.4, 0.5) is 0 Å². The smallest absolute Gasteiger partial charge is 0.258 e. The molecule has 1 amide bonds. The molecule has 0 saturated carbocycles. The van der Waals surface area contributed by atoms with Crippen molar-refractivity contribution in [1.29, 1.82) is 0 Å². The van der Waals surface area contributed by atoms with E-state index in [2.05, 4.69) is 10.3 Å². The van der Waals surface area contributed by atoms with Crippen LogP contribution >= 0.6 is 11.6 Å². The normalized spacial score (nSPS) is 10.7. The van der Waals surface area contributed by atoms with Gasteiger partial charge in [-0.1, -0.05) is 29.8 Å². The molecule has 0 aliphatic carbocycles. The summed E-state index contributed by atoms with van der Waals surface area (Å²) in [6.45, 7) is 2.27. The molecule has 2 heterocycles. The van der Waals surface area contributed by atoms with Gasteiger partial charge in [-0.15, -0.1) is 0 Å². The lowest BCUT2D eigenvalue weighted by atomic mass is 10.3. The summed E-state index contributed by atoms with van der Waals surface area (Å²) in [6.07, 6.45) is 1.92. The lowest BCUT2D eigenvalue weighted by molar-refractivity contribution is -0.123. The van der Waals surface area contributed by atoms with Gasteiger partial charge in [0.15, 0.2) is 6.61 Å². The lowest BCUT2D eigenvalue weighted by Gasteiger charge is -2.07. The maximum absolute atomic E-state index is 11.9. The highest BCUT2D eigenvalue weighted by Crippen LogP contribution is 2.22. The average Bonchev–Trinajstić information content (AvgIpc) is 2.97. The van der Waals surface area contributed by atoms with Gasteiger partial charge in [0.1, 0.15) is 11.4 Å². The first-order valence-electron chi connectivity index (χ1n) is 7.21. The van der Waals surface area contributed by atoms with Crippen molar-refractivity contribution in [3.63, 3.8) is 0 Å². The molecule has 0 saturated heterocycles. The van der Waals surface area contributed by atoms with Crippen LogP contribution in [-0.4, -0.2) is 21.9 Å². The zero-order valence-electron chi connectivity index (χ0n) is 12.6. The molecule has 118 valence electrons. The number of amides is 1. The average molecular weight is 330 g/mol. The van der Waals surface area contributed by atoms with Crippen LogP contribution in [0.3, 0.4) is 0 Å². The number of rotatable bonds is 5. The molecule has 1 aromatic carbocycles. The van der Waals surface area contributed by atoms with E-state index < -0.39 is 0 Å². The topological polar surface area (TPSA) is 55.6 Å². The third-order valence-electron chi connectivity index (χ3n) is 3.41. The highest BCUT2D eigenvalue weighted by atomic mass is 35.5. The molecule has 0 atom stereocenters. The van der Waals surface area contributed by atoms with Gasteiger partial charge in [0.2, 0.25) is 0 Å². The Morgan fingerprint density at radius 2 is 2.09 bits per heavy atom. The third kappa shape index (κ3) is 3.63. The number of para-hydroxylation sites is 1. The first-order chi connectivity index (χ1) is 11.1. The van der Waals surface area contributed by atoms with Gasteiger partial charge in [-0.05, 0) is 31.2 Å². The van der Waals surface area contributed by atoms with Crippen LogP contribution in [0.5, 0.6) is 5.75 Å². The molecule has 0 radical (unpaired) electrons. The molecule has 6 heteroatoms. The number of carbonyl (C=O) groups is 1. The Kier molecular flexibility index (Phi) is 4.48. The highest BCUT2D eigenvalue weighted by molar-refractivity contribution is 6.32. The Hall–Kier alpha value is -2.53. The summed E-state index contributed by atoms with van der Waals surface area (Å²) >= 11 is 5.97. The van der Waals surface area contributed by atoms with Gasteiger partial charge < -0.3 is 14.5 Å². The summed E-state index contributed by atoms with van der Waals surface area (Å²) < 4.78 is 7.38. The Labute approximate surface area is 138 Å². The van der Waals surface area contributed by atoms with Gasteiger partial charge in [-0.25, -0.2) is 4.98 Å². The lowest BCUT2D eigenvalue weighted by Crippen LogP contribution is -2.28. The van der Waals surface area contributed by atoms with E-state index in [-0.39, 0.29) is 12.5 Å². The quantitative estimate of drug-likeness (QED) is 0.783. The molecular formula is C17H16ClN3O2. The Balaban J connectivity index is 1.56. The molecule has 5 nitrogen and oxygen atoms in total. The zero-order chi connectivity index (χ0) is 16.2. The molecule has 0 unspecified atom stereocenters. The van der Waals surface area contributed by atoms with Crippen molar-refractivity contribution in [2.45, 2.75) is 13.5 Å². The molecule has 0 spiro atoms. The number of carbonyl (C=O) groups excluding carboxylic acids is 1. The van der Waals surface area contributed by atoms with Crippen LogP contribution in [0, 0.1) is 6.92 Å². The van der Waals surface area contributed by atoms with Gasteiger partial charge in [0.25, 0.3) is 5.91 Å². The summed E-state index contributed by atoms with van der Waals surface area (Å²) in [6, 6.07) is 12.9. The van der Waals surface area contributed by atoms with E-state index in [4.69, 9.17) is 16.3 Å². The van der Waals surface area contributed by atoms with Crippen LogP contribution < -0.4 is 10.1 Å². The summed E-state index contributed by atoms with van der Waals surface area (Å²) in [5, 5.41) is 3.27. The van der Waals surface area contributed by atoms with Gasteiger partial charge in [0.05, 0.1) is 17.3 Å². The van der Waals surface area contributed by atoms with Crippen LogP contribution in [0.25, 0.3) is 5.65 Å². The fraction of sp³-hybridized carbons (Fsp3) is 0.176. The molecule has 0 aliphatic rings. The van der Waals surface area contributed by atoms with E-state index in [1.54, 1.807) is 24.3 Å². The van der Waals surface area contributed by atoms with Crippen LogP contribution in [-0.2, 0) is 11.3 Å². The molecular weight excluding hydrogens is 314 g/mol. The number of aromatic nitrogens is 2. The SMILES string of the molecule is Cc1cccc2nc(CNC(=O)COc3ccccc3Cl)cn12. The molecule has 0 bridgehead atoms. The van der Waals surface area contributed by atoms with E-state index in [0.29, 0.717) is 17.3 Å². The van der Waals surface area contributed by atoms with E-state index in [0.717, 1.165) is 17.0 Å². The summed E-state index contributed by atoms with van der Waals surface area (Å²) in [5.41, 5.74) is 2.75. The van der Waals surface area contributed by atoms with Gasteiger partial charge in [-0.3, -0.25) is 4.79 Å². The van der Waals surface area contributed by atoms with Crippen LogP contribution in [0.1, 0.15) is 11.4 Å². The first kappa shape index (κ1) is 15.4. The van der Waals surface area contributed by atoms with Crippen molar-refractivity contribution in [3.05, 3.63) is 65.1 Å². The van der Waals surface area contributed by atoms with Crippen LogP contribution in [0.15, 0.2) is 48.7 Å². The number of nitrogens with zero attached hydrogens (tertiary/aromatic N) is 2. The number of halogens is 1. The van der Waals surface area contributed by atoms with E-state index >= 15 is 0 Å². The molecule has 3 rings (SSSR count). The van der Waals surface area contributed by atoms with E-state index in [1.165, 1.54) is 0 Å². The van der Waals surface area contributed by atoms with Crippen molar-refractivity contribution < 1.29 is 9.53 Å². The number of hydrogen-bond acceptors (Lipinski definition) is 3. The number of aryl methyl sites for hydroxylation is 1. The highest BCUT2D eigenvalue weighted by Gasteiger charge is 2.07. The fourth-order valence-electron chi connectivity index (χ4n) is 2.23. The molecule has 23 heavy (non-hydrogen) atoms. The van der Waals surface area contributed by atoms with Gasteiger partial charge in [0, 0.05) is 11.9 Å². The number of imidazole rings is 1. The predicted molar refractivity (Wildman–Crippen MR) is 88.7 cm³/mol. The zero-order valence-corrected chi connectivity index (χ0v) is 13.4. The molecule has 1 N–H and O–H groups in total. The maximum Gasteiger partial charge on any atom is 0.258 e. The number of pyridine rings is 1. The summed E-state index contributed by atoms with van der Waals surface area (Å²) in [7, 11) is 0. The number of hydrogen-bond donors (Lipinski definition) is 1. The van der Waals surface area contributed by atoms with Crippen molar-refractivity contribution >= 4 is 23.2 Å². The Morgan fingerprint density at radius 3 is 2.87 bits per heavy atom. The van der Waals surface area contributed by atoms with Gasteiger partial charge >= 0.3 is 0 Å². The predicted octanol–water partition coefficient (Wildman–Crippen LogP) is 2.99.